The Hall–Kier alpha value is -2.08. The molecule has 2 amide bonds. The quantitative estimate of drug-likeness (QED) is 0.756. The van der Waals surface area contributed by atoms with E-state index in [1.807, 2.05) is 27.9 Å². The third-order valence-corrected chi connectivity index (χ3v) is 4.80. The second-order valence-electron chi connectivity index (χ2n) is 7.71. The first-order chi connectivity index (χ1) is 12.3. The predicted octanol–water partition coefficient (Wildman–Crippen LogP) is 1.56. The Bertz CT molecular complexity index is 643. The van der Waals surface area contributed by atoms with E-state index in [2.05, 4.69) is 45.7 Å². The Morgan fingerprint density at radius 1 is 1.15 bits per heavy atom. The molecule has 2 rings (SSSR count). The topological polar surface area (TPSA) is 64.7 Å². The summed E-state index contributed by atoms with van der Waals surface area (Å²) in [6.07, 6.45) is 2.24. The Morgan fingerprint density at radius 3 is 2.42 bits per heavy atom. The highest BCUT2D eigenvalue weighted by Crippen LogP contribution is 2.29. The number of rotatable bonds is 6. The van der Waals surface area contributed by atoms with Crippen LogP contribution in [0.3, 0.4) is 0 Å². The molecule has 0 aromatic heterocycles. The number of aryl methyl sites for hydroxylation is 1. The first-order valence-electron chi connectivity index (χ1n) is 9.36. The minimum atomic E-state index is -0.574. The summed E-state index contributed by atoms with van der Waals surface area (Å²) >= 11 is 0. The van der Waals surface area contributed by atoms with E-state index < -0.39 is 11.8 Å². The highest BCUT2D eigenvalue weighted by atomic mass is 16.2. The molecule has 1 aliphatic heterocycles. The summed E-state index contributed by atoms with van der Waals surface area (Å²) in [4.78, 5) is 28.2. The molecule has 1 heterocycles. The molecule has 26 heavy (non-hydrogen) atoms. The fraction of sp³-hybridized carbons (Fsp3) is 0.600. The highest BCUT2D eigenvalue weighted by molar-refractivity contribution is 6.35. The van der Waals surface area contributed by atoms with Crippen molar-refractivity contribution in [1.29, 1.82) is 0 Å². The number of hydrogen-bond acceptors (Lipinski definition) is 4. The molecular formula is C20H32N4O2. The SMILES string of the molecule is CC(C)CNC(=O)C(=O)NCC(c1ccc2c(c1)CCCN2C)N(C)C. The summed E-state index contributed by atoms with van der Waals surface area (Å²) in [5.41, 5.74) is 3.80. The van der Waals surface area contributed by atoms with Gasteiger partial charge in [-0.15, -0.1) is 0 Å². The maximum absolute atomic E-state index is 12.0. The zero-order valence-corrected chi connectivity index (χ0v) is 16.6. The van der Waals surface area contributed by atoms with Gasteiger partial charge in [-0.05, 0) is 50.0 Å². The van der Waals surface area contributed by atoms with Crippen LogP contribution in [-0.4, -0.2) is 57.5 Å². The summed E-state index contributed by atoms with van der Waals surface area (Å²) in [5, 5.41) is 5.42. The van der Waals surface area contributed by atoms with Gasteiger partial charge in [-0.2, -0.15) is 0 Å². The molecule has 1 atom stereocenters. The van der Waals surface area contributed by atoms with Crippen LogP contribution < -0.4 is 15.5 Å². The van der Waals surface area contributed by atoms with Crippen LogP contribution in [0.5, 0.6) is 0 Å². The van der Waals surface area contributed by atoms with Crippen LogP contribution in [-0.2, 0) is 16.0 Å². The fourth-order valence-corrected chi connectivity index (χ4v) is 3.26. The van der Waals surface area contributed by atoms with E-state index in [4.69, 9.17) is 0 Å². The highest BCUT2D eigenvalue weighted by Gasteiger charge is 2.21. The molecule has 1 aliphatic rings. The number of amides is 2. The average molecular weight is 361 g/mol. The van der Waals surface area contributed by atoms with Crippen LogP contribution in [0.25, 0.3) is 0 Å². The number of nitrogens with zero attached hydrogens (tertiary/aromatic N) is 2. The molecule has 0 radical (unpaired) electrons. The molecule has 0 saturated heterocycles. The Labute approximate surface area is 156 Å². The lowest BCUT2D eigenvalue weighted by Crippen LogP contribution is -2.44. The standard InChI is InChI=1S/C20H32N4O2/c1-14(2)12-21-19(25)20(26)22-13-18(23(3)4)16-8-9-17-15(11-16)7-6-10-24(17)5/h8-9,11,14,18H,6-7,10,12-13H2,1-5H3,(H,21,25)(H,22,26). The second kappa shape index (κ2) is 9.03. The second-order valence-corrected chi connectivity index (χ2v) is 7.71. The van der Waals surface area contributed by atoms with Crippen LogP contribution in [0, 0.1) is 5.92 Å². The number of carbonyl (C=O) groups is 2. The molecular weight excluding hydrogens is 328 g/mol. The van der Waals surface area contributed by atoms with Gasteiger partial charge in [0.25, 0.3) is 0 Å². The van der Waals surface area contributed by atoms with Crippen molar-refractivity contribution in [2.75, 3.05) is 45.7 Å². The van der Waals surface area contributed by atoms with Crippen molar-refractivity contribution in [1.82, 2.24) is 15.5 Å². The summed E-state index contributed by atoms with van der Waals surface area (Å²) < 4.78 is 0. The van der Waals surface area contributed by atoms with Crippen molar-refractivity contribution < 1.29 is 9.59 Å². The van der Waals surface area contributed by atoms with Gasteiger partial charge in [-0.1, -0.05) is 26.0 Å². The Balaban J connectivity index is 2.03. The number of carbonyl (C=O) groups excluding carboxylic acids is 2. The van der Waals surface area contributed by atoms with E-state index in [9.17, 15) is 9.59 Å². The monoisotopic (exact) mass is 360 g/mol. The summed E-state index contributed by atoms with van der Waals surface area (Å²) in [6.45, 7) is 5.98. The van der Waals surface area contributed by atoms with E-state index in [-0.39, 0.29) is 6.04 Å². The van der Waals surface area contributed by atoms with E-state index >= 15 is 0 Å². The third kappa shape index (κ3) is 5.21. The summed E-state index contributed by atoms with van der Waals surface area (Å²) in [7, 11) is 6.10. The lowest BCUT2D eigenvalue weighted by Gasteiger charge is -2.30. The van der Waals surface area contributed by atoms with Gasteiger partial charge in [0, 0.05) is 32.4 Å². The van der Waals surface area contributed by atoms with Crippen molar-refractivity contribution in [2.24, 2.45) is 5.92 Å². The summed E-state index contributed by atoms with van der Waals surface area (Å²) in [5.74, 6) is -0.826. The van der Waals surface area contributed by atoms with Crippen LogP contribution >= 0.6 is 0 Å². The largest absolute Gasteiger partial charge is 0.374 e. The van der Waals surface area contributed by atoms with Crippen molar-refractivity contribution >= 4 is 17.5 Å². The Kier molecular flexibility index (Phi) is 7.03. The molecule has 0 bridgehead atoms. The van der Waals surface area contributed by atoms with Gasteiger partial charge in [-0.3, -0.25) is 9.59 Å². The molecule has 0 fully saturated rings. The van der Waals surface area contributed by atoms with E-state index in [1.165, 1.54) is 11.3 Å². The maximum Gasteiger partial charge on any atom is 0.309 e. The molecule has 0 spiro atoms. The maximum atomic E-state index is 12.0. The number of nitrogens with one attached hydrogen (secondary N) is 2. The summed E-state index contributed by atoms with van der Waals surface area (Å²) in [6, 6.07) is 6.54. The van der Waals surface area contributed by atoms with Crippen molar-refractivity contribution in [3.8, 4) is 0 Å². The number of anilines is 1. The molecule has 144 valence electrons. The van der Waals surface area contributed by atoms with Gasteiger partial charge < -0.3 is 20.4 Å². The van der Waals surface area contributed by atoms with Gasteiger partial charge >= 0.3 is 11.8 Å². The molecule has 0 aliphatic carbocycles. The van der Waals surface area contributed by atoms with Gasteiger partial charge in [0.2, 0.25) is 0 Å². The van der Waals surface area contributed by atoms with Crippen molar-refractivity contribution in [3.05, 3.63) is 29.3 Å². The van der Waals surface area contributed by atoms with Gasteiger partial charge in [0.05, 0.1) is 6.04 Å². The third-order valence-electron chi connectivity index (χ3n) is 4.80. The fourth-order valence-electron chi connectivity index (χ4n) is 3.26. The lowest BCUT2D eigenvalue weighted by molar-refractivity contribution is -0.139. The number of benzene rings is 1. The van der Waals surface area contributed by atoms with E-state index in [0.29, 0.717) is 19.0 Å². The zero-order valence-electron chi connectivity index (χ0n) is 16.6. The van der Waals surface area contributed by atoms with Gasteiger partial charge in [0.1, 0.15) is 0 Å². The first-order valence-corrected chi connectivity index (χ1v) is 9.36. The van der Waals surface area contributed by atoms with Gasteiger partial charge in [0.15, 0.2) is 0 Å². The first kappa shape index (κ1) is 20.2. The van der Waals surface area contributed by atoms with Gasteiger partial charge in [-0.25, -0.2) is 0 Å². The molecule has 1 aromatic rings. The lowest BCUT2D eigenvalue weighted by atomic mass is 9.96. The number of hydrogen-bond donors (Lipinski definition) is 2. The van der Waals surface area contributed by atoms with Crippen LogP contribution in [0.15, 0.2) is 18.2 Å². The van der Waals surface area contributed by atoms with Crippen LogP contribution in [0.1, 0.15) is 37.4 Å². The van der Waals surface area contributed by atoms with Crippen LogP contribution in [0.4, 0.5) is 5.69 Å². The normalized spacial score (nSPS) is 15.0. The molecule has 6 nitrogen and oxygen atoms in total. The molecule has 6 heteroatoms. The molecule has 1 aromatic carbocycles. The average Bonchev–Trinajstić information content (AvgIpc) is 2.59. The van der Waals surface area contributed by atoms with E-state index in [1.54, 1.807) is 0 Å². The minimum Gasteiger partial charge on any atom is -0.374 e. The number of likely N-dealkylation sites (N-methyl/N-ethyl adjacent to an activating group) is 1. The van der Waals surface area contributed by atoms with E-state index in [0.717, 1.165) is 24.9 Å². The smallest absolute Gasteiger partial charge is 0.309 e. The van der Waals surface area contributed by atoms with Crippen LogP contribution in [0.2, 0.25) is 0 Å². The molecule has 1 unspecified atom stereocenters. The minimum absolute atomic E-state index is 0.0226. The molecule has 0 saturated carbocycles. The Morgan fingerprint density at radius 2 is 1.81 bits per heavy atom. The van der Waals surface area contributed by atoms with Crippen molar-refractivity contribution in [3.63, 3.8) is 0 Å². The number of fused-ring (bicyclic) bond motifs is 1. The zero-order chi connectivity index (χ0) is 19.3. The van der Waals surface area contributed by atoms with Crippen molar-refractivity contribution in [2.45, 2.75) is 32.7 Å². The predicted molar refractivity (Wildman–Crippen MR) is 105 cm³/mol. The molecule has 2 N–H and O–H groups in total.